The average molecular weight is 370 g/mol. The smallest absolute Gasteiger partial charge is 0.303 e. The molecule has 1 heterocycles. The third kappa shape index (κ3) is 6.55. The van der Waals surface area contributed by atoms with Gasteiger partial charge in [-0.25, -0.2) is 0 Å². The molecule has 7 heteroatoms. The van der Waals surface area contributed by atoms with Crippen LogP contribution < -0.4 is 10.1 Å². The molecule has 0 unspecified atom stereocenters. The number of aliphatic carboxylic acids is 1. The molecule has 1 fully saturated rings. The Balaban J connectivity index is 2.00. The van der Waals surface area contributed by atoms with Crippen molar-refractivity contribution in [1.82, 2.24) is 0 Å². The molecule has 0 bridgehead atoms. The summed E-state index contributed by atoms with van der Waals surface area (Å²) in [6.45, 7) is 4.65. The van der Waals surface area contributed by atoms with Crippen molar-refractivity contribution >= 4 is 29.2 Å². The van der Waals surface area contributed by atoms with Crippen LogP contribution in [0, 0.1) is 5.41 Å². The number of carbonyl (C=O) groups is 2. The number of hydrogen-bond donors (Lipinski definition) is 2. The molecule has 2 rings (SSSR count). The number of ether oxygens (including phenoxy) is 2. The molecular formula is C18H24ClNO5. The van der Waals surface area contributed by atoms with Crippen LogP contribution >= 0.6 is 11.6 Å². The first-order valence-corrected chi connectivity index (χ1v) is 8.68. The number of anilines is 1. The Morgan fingerprint density at radius 3 is 2.80 bits per heavy atom. The molecule has 0 saturated carbocycles. The first kappa shape index (κ1) is 19.5. The van der Waals surface area contributed by atoms with Crippen molar-refractivity contribution < 1.29 is 24.2 Å². The standard InChI is InChI=1S/C18H24ClNO5/c1-18(2,10-17(22)23)9-16(21)20-14-8-12(19)5-6-15(14)25-11-13-4-3-7-24-13/h5-6,8,13H,3-4,7,9-11H2,1-2H3,(H,20,21)(H,22,23)/t13-/m1/s1. The van der Waals surface area contributed by atoms with E-state index in [1.807, 2.05) is 0 Å². The van der Waals surface area contributed by atoms with E-state index in [2.05, 4.69) is 5.32 Å². The van der Waals surface area contributed by atoms with Gasteiger partial charge in [0.15, 0.2) is 0 Å². The number of amides is 1. The number of benzene rings is 1. The molecule has 1 saturated heterocycles. The molecular weight excluding hydrogens is 346 g/mol. The Morgan fingerprint density at radius 2 is 2.16 bits per heavy atom. The van der Waals surface area contributed by atoms with E-state index in [0.29, 0.717) is 23.1 Å². The Kier molecular flexibility index (Phi) is 6.67. The minimum Gasteiger partial charge on any atom is -0.489 e. The van der Waals surface area contributed by atoms with Crippen molar-refractivity contribution in [2.24, 2.45) is 5.41 Å². The largest absolute Gasteiger partial charge is 0.489 e. The maximum atomic E-state index is 12.3. The van der Waals surface area contributed by atoms with Crippen LogP contribution in [-0.2, 0) is 14.3 Å². The van der Waals surface area contributed by atoms with Crippen LogP contribution in [0.1, 0.15) is 39.5 Å². The van der Waals surface area contributed by atoms with Gasteiger partial charge in [0, 0.05) is 18.1 Å². The van der Waals surface area contributed by atoms with Gasteiger partial charge in [-0.3, -0.25) is 9.59 Å². The molecule has 25 heavy (non-hydrogen) atoms. The highest BCUT2D eigenvalue weighted by atomic mass is 35.5. The maximum absolute atomic E-state index is 12.3. The number of hydrogen-bond acceptors (Lipinski definition) is 4. The summed E-state index contributed by atoms with van der Waals surface area (Å²) in [6.07, 6.45) is 2.04. The van der Waals surface area contributed by atoms with Gasteiger partial charge in [0.25, 0.3) is 0 Å². The average Bonchev–Trinajstić information content (AvgIpc) is 2.97. The van der Waals surface area contributed by atoms with Crippen molar-refractivity contribution in [2.45, 2.75) is 45.6 Å². The van der Waals surface area contributed by atoms with E-state index >= 15 is 0 Å². The first-order valence-electron chi connectivity index (χ1n) is 8.31. The third-order valence-electron chi connectivity index (χ3n) is 3.93. The summed E-state index contributed by atoms with van der Waals surface area (Å²) < 4.78 is 11.3. The van der Waals surface area contributed by atoms with Crippen molar-refractivity contribution in [3.8, 4) is 5.75 Å². The van der Waals surface area contributed by atoms with E-state index in [1.54, 1.807) is 32.0 Å². The minimum atomic E-state index is -0.929. The van der Waals surface area contributed by atoms with Crippen molar-refractivity contribution in [3.63, 3.8) is 0 Å². The van der Waals surface area contributed by atoms with Gasteiger partial charge >= 0.3 is 5.97 Å². The number of halogens is 1. The van der Waals surface area contributed by atoms with Gasteiger partial charge in [0.1, 0.15) is 12.4 Å². The van der Waals surface area contributed by atoms with Crippen molar-refractivity contribution in [1.29, 1.82) is 0 Å². The Labute approximate surface area is 152 Å². The number of rotatable bonds is 8. The molecule has 0 aromatic heterocycles. The predicted molar refractivity (Wildman–Crippen MR) is 95.2 cm³/mol. The van der Waals surface area contributed by atoms with Gasteiger partial charge in [0.05, 0.1) is 18.2 Å². The molecule has 0 spiro atoms. The highest BCUT2D eigenvalue weighted by molar-refractivity contribution is 6.31. The summed E-state index contributed by atoms with van der Waals surface area (Å²) in [5, 5.41) is 12.2. The van der Waals surface area contributed by atoms with Crippen LogP contribution in [0.2, 0.25) is 5.02 Å². The molecule has 6 nitrogen and oxygen atoms in total. The Morgan fingerprint density at radius 1 is 1.40 bits per heavy atom. The molecule has 1 aromatic carbocycles. The molecule has 0 aliphatic carbocycles. The van der Waals surface area contributed by atoms with E-state index in [9.17, 15) is 9.59 Å². The fraction of sp³-hybridized carbons (Fsp3) is 0.556. The van der Waals surface area contributed by atoms with Gasteiger partial charge in [-0.1, -0.05) is 25.4 Å². The highest BCUT2D eigenvalue weighted by Gasteiger charge is 2.26. The van der Waals surface area contributed by atoms with E-state index in [-0.39, 0.29) is 24.9 Å². The fourth-order valence-corrected chi connectivity index (χ4v) is 2.96. The van der Waals surface area contributed by atoms with E-state index < -0.39 is 11.4 Å². The molecule has 1 aromatic rings. The normalized spacial score (nSPS) is 17.3. The third-order valence-corrected chi connectivity index (χ3v) is 4.17. The lowest BCUT2D eigenvalue weighted by Crippen LogP contribution is -2.25. The highest BCUT2D eigenvalue weighted by Crippen LogP contribution is 2.31. The molecule has 1 aliphatic heterocycles. The number of carboxylic acid groups (broad SMARTS) is 1. The van der Waals surface area contributed by atoms with E-state index in [1.165, 1.54) is 0 Å². The summed E-state index contributed by atoms with van der Waals surface area (Å²) >= 11 is 6.02. The molecule has 0 radical (unpaired) electrons. The minimum absolute atomic E-state index is 0.0636. The zero-order valence-electron chi connectivity index (χ0n) is 14.5. The Bertz CT molecular complexity index is 626. The lowest BCUT2D eigenvalue weighted by molar-refractivity contribution is -0.139. The van der Waals surface area contributed by atoms with Crippen LogP contribution in [0.3, 0.4) is 0 Å². The SMILES string of the molecule is CC(C)(CC(=O)O)CC(=O)Nc1cc(Cl)ccc1OC[C@H]1CCCO1. The van der Waals surface area contributed by atoms with Crippen LogP contribution in [-0.4, -0.2) is 36.3 Å². The van der Waals surface area contributed by atoms with E-state index in [4.69, 9.17) is 26.2 Å². The number of nitrogens with one attached hydrogen (secondary N) is 1. The molecule has 138 valence electrons. The number of carboxylic acids is 1. The van der Waals surface area contributed by atoms with Gasteiger partial charge in [-0.2, -0.15) is 0 Å². The predicted octanol–water partition coefficient (Wildman–Crippen LogP) is 3.73. The molecule has 2 N–H and O–H groups in total. The molecule has 1 amide bonds. The zero-order valence-corrected chi connectivity index (χ0v) is 15.3. The molecule has 1 atom stereocenters. The second-order valence-corrected chi connectivity index (χ2v) is 7.48. The van der Waals surface area contributed by atoms with Gasteiger partial charge in [-0.15, -0.1) is 0 Å². The Hall–Kier alpha value is -1.79. The second kappa shape index (κ2) is 8.54. The topological polar surface area (TPSA) is 84.9 Å². The summed E-state index contributed by atoms with van der Waals surface area (Å²) in [5.74, 6) is -0.694. The van der Waals surface area contributed by atoms with Gasteiger partial charge < -0.3 is 19.9 Å². The fourth-order valence-electron chi connectivity index (χ4n) is 2.79. The first-order chi connectivity index (χ1) is 11.7. The quantitative estimate of drug-likeness (QED) is 0.729. The van der Waals surface area contributed by atoms with Crippen molar-refractivity contribution in [2.75, 3.05) is 18.5 Å². The monoisotopic (exact) mass is 369 g/mol. The van der Waals surface area contributed by atoms with Crippen LogP contribution in [0.5, 0.6) is 5.75 Å². The summed E-state index contributed by atoms with van der Waals surface area (Å²) in [7, 11) is 0. The number of carbonyl (C=O) groups excluding carboxylic acids is 1. The summed E-state index contributed by atoms with van der Waals surface area (Å²) in [4.78, 5) is 23.2. The van der Waals surface area contributed by atoms with Crippen LogP contribution in [0.25, 0.3) is 0 Å². The summed E-state index contributed by atoms with van der Waals surface area (Å²) in [6, 6.07) is 5.01. The van der Waals surface area contributed by atoms with Crippen molar-refractivity contribution in [3.05, 3.63) is 23.2 Å². The van der Waals surface area contributed by atoms with Gasteiger partial charge in [-0.05, 0) is 36.5 Å². The van der Waals surface area contributed by atoms with E-state index in [0.717, 1.165) is 19.4 Å². The lowest BCUT2D eigenvalue weighted by atomic mass is 9.85. The maximum Gasteiger partial charge on any atom is 0.303 e. The van der Waals surface area contributed by atoms with Crippen LogP contribution in [0.4, 0.5) is 5.69 Å². The summed E-state index contributed by atoms with van der Waals surface area (Å²) in [5.41, 5.74) is -0.172. The zero-order chi connectivity index (χ0) is 18.4. The lowest BCUT2D eigenvalue weighted by Gasteiger charge is -2.22. The molecule has 1 aliphatic rings. The second-order valence-electron chi connectivity index (χ2n) is 7.05. The van der Waals surface area contributed by atoms with Crippen LogP contribution in [0.15, 0.2) is 18.2 Å². The van der Waals surface area contributed by atoms with Gasteiger partial charge in [0.2, 0.25) is 5.91 Å².